The predicted octanol–water partition coefficient (Wildman–Crippen LogP) is -0.442. The summed E-state index contributed by atoms with van der Waals surface area (Å²) in [5, 5.41) is 15.3. The fourth-order valence-electron chi connectivity index (χ4n) is 2.79. The van der Waals surface area contributed by atoms with E-state index in [0.717, 1.165) is 32.4 Å². The Hall–Kier alpha value is -2.06. The summed E-state index contributed by atoms with van der Waals surface area (Å²) in [5.41, 5.74) is 0.189. The number of likely N-dealkylation sites (tertiary alicyclic amines) is 1. The highest BCUT2D eigenvalue weighted by molar-refractivity contribution is 5.91. The summed E-state index contributed by atoms with van der Waals surface area (Å²) >= 11 is 0. The van der Waals surface area contributed by atoms with Gasteiger partial charge in [-0.15, -0.1) is 0 Å². The summed E-state index contributed by atoms with van der Waals surface area (Å²) in [6.07, 6.45) is 6.42. The van der Waals surface area contributed by atoms with Crippen LogP contribution in [0.3, 0.4) is 0 Å². The lowest BCUT2D eigenvalue weighted by Crippen LogP contribution is -2.51. The zero-order valence-corrected chi connectivity index (χ0v) is 13.9. The Kier molecular flexibility index (Phi) is 7.07. The Morgan fingerprint density at radius 1 is 1.33 bits per heavy atom. The second-order valence-electron chi connectivity index (χ2n) is 5.84. The molecule has 2 atom stereocenters. The Morgan fingerprint density at radius 2 is 2.12 bits per heavy atom. The molecular formula is C16H25N5O3. The van der Waals surface area contributed by atoms with Crippen molar-refractivity contribution in [3.8, 4) is 0 Å². The van der Waals surface area contributed by atoms with Gasteiger partial charge in [0.05, 0.1) is 18.3 Å². The van der Waals surface area contributed by atoms with Crippen molar-refractivity contribution in [1.82, 2.24) is 25.5 Å². The molecule has 0 radical (unpaired) electrons. The van der Waals surface area contributed by atoms with Gasteiger partial charge < -0.3 is 15.7 Å². The summed E-state index contributed by atoms with van der Waals surface area (Å²) in [4.78, 5) is 33.9. The van der Waals surface area contributed by atoms with Gasteiger partial charge in [-0.2, -0.15) is 0 Å². The number of piperidine rings is 1. The van der Waals surface area contributed by atoms with Crippen molar-refractivity contribution < 1.29 is 14.7 Å². The number of likely N-dealkylation sites (N-methyl/N-ethyl adjacent to an activating group) is 1. The van der Waals surface area contributed by atoms with Crippen LogP contribution in [0.5, 0.6) is 0 Å². The van der Waals surface area contributed by atoms with Crippen LogP contribution in [0.1, 0.15) is 36.7 Å². The number of aromatic nitrogens is 2. The topological polar surface area (TPSA) is 107 Å². The number of hydrogen-bond acceptors (Lipinski definition) is 6. The minimum absolute atomic E-state index is 0.0395. The first-order valence-corrected chi connectivity index (χ1v) is 8.35. The van der Waals surface area contributed by atoms with Gasteiger partial charge in [-0.1, -0.05) is 13.3 Å². The molecule has 2 unspecified atom stereocenters. The molecule has 0 spiro atoms. The van der Waals surface area contributed by atoms with Crippen molar-refractivity contribution in [2.75, 3.05) is 26.2 Å². The van der Waals surface area contributed by atoms with Crippen LogP contribution in [0.25, 0.3) is 0 Å². The molecule has 0 aliphatic carbocycles. The van der Waals surface area contributed by atoms with Crippen LogP contribution in [-0.4, -0.2) is 70.1 Å². The maximum absolute atomic E-state index is 12.3. The van der Waals surface area contributed by atoms with Crippen molar-refractivity contribution >= 4 is 11.8 Å². The van der Waals surface area contributed by atoms with E-state index in [1.54, 1.807) is 0 Å². The van der Waals surface area contributed by atoms with Gasteiger partial charge in [0.2, 0.25) is 5.91 Å². The molecule has 24 heavy (non-hydrogen) atoms. The minimum Gasteiger partial charge on any atom is -0.389 e. The van der Waals surface area contributed by atoms with Gasteiger partial charge in [0.1, 0.15) is 5.69 Å². The molecule has 8 nitrogen and oxygen atoms in total. The van der Waals surface area contributed by atoms with E-state index in [-0.39, 0.29) is 30.7 Å². The first-order valence-electron chi connectivity index (χ1n) is 8.35. The number of nitrogens with one attached hydrogen (secondary N) is 2. The van der Waals surface area contributed by atoms with Gasteiger partial charge in [0.25, 0.3) is 5.91 Å². The molecule has 132 valence electrons. The van der Waals surface area contributed by atoms with Gasteiger partial charge in [0, 0.05) is 25.5 Å². The molecule has 2 rings (SSSR count). The monoisotopic (exact) mass is 335 g/mol. The van der Waals surface area contributed by atoms with E-state index in [1.807, 2.05) is 6.92 Å². The lowest BCUT2D eigenvalue weighted by Gasteiger charge is -2.33. The van der Waals surface area contributed by atoms with Crippen molar-refractivity contribution in [2.45, 2.75) is 38.3 Å². The van der Waals surface area contributed by atoms with E-state index in [0.29, 0.717) is 0 Å². The molecule has 0 aromatic carbocycles. The first kappa shape index (κ1) is 18.3. The van der Waals surface area contributed by atoms with E-state index in [1.165, 1.54) is 18.6 Å². The molecule has 0 saturated carbocycles. The van der Waals surface area contributed by atoms with Crippen molar-refractivity contribution in [3.63, 3.8) is 0 Å². The van der Waals surface area contributed by atoms with E-state index >= 15 is 0 Å². The third kappa shape index (κ3) is 5.24. The fraction of sp³-hybridized carbons (Fsp3) is 0.625. The van der Waals surface area contributed by atoms with Crippen LogP contribution >= 0.6 is 0 Å². The second-order valence-corrected chi connectivity index (χ2v) is 5.84. The lowest BCUT2D eigenvalue weighted by atomic mass is 10.0. The smallest absolute Gasteiger partial charge is 0.271 e. The molecule has 3 N–H and O–H groups in total. The van der Waals surface area contributed by atoms with E-state index < -0.39 is 12.0 Å². The SMILES string of the molecule is CCN1CCCCC1C(=O)NCC(O)CNC(=O)c1cnccn1. The normalized spacial score (nSPS) is 19.5. The Labute approximate surface area is 141 Å². The molecule has 8 heteroatoms. The Morgan fingerprint density at radius 3 is 2.83 bits per heavy atom. The maximum Gasteiger partial charge on any atom is 0.271 e. The van der Waals surface area contributed by atoms with Crippen molar-refractivity contribution in [2.24, 2.45) is 0 Å². The quantitative estimate of drug-likeness (QED) is 0.623. The standard InChI is InChI=1S/C16H25N5O3/c1-2-21-8-4-3-5-14(21)16(24)20-10-12(22)9-19-15(23)13-11-17-6-7-18-13/h6-7,11-12,14,22H,2-5,8-10H2,1H3,(H,19,23)(H,20,24). The second kappa shape index (κ2) is 9.29. The predicted molar refractivity (Wildman–Crippen MR) is 88.3 cm³/mol. The summed E-state index contributed by atoms with van der Waals surface area (Å²) in [6, 6.07) is -0.120. The van der Waals surface area contributed by atoms with Gasteiger partial charge in [-0.25, -0.2) is 4.98 Å². The number of rotatable bonds is 7. The summed E-state index contributed by atoms with van der Waals surface area (Å²) in [6.45, 7) is 3.97. The highest BCUT2D eigenvalue weighted by Crippen LogP contribution is 2.16. The highest BCUT2D eigenvalue weighted by Gasteiger charge is 2.27. The molecule has 2 amide bonds. The number of aliphatic hydroxyl groups is 1. The van der Waals surface area contributed by atoms with Crippen molar-refractivity contribution in [3.05, 3.63) is 24.3 Å². The number of amides is 2. The lowest BCUT2D eigenvalue weighted by molar-refractivity contribution is -0.128. The Bertz CT molecular complexity index is 540. The summed E-state index contributed by atoms with van der Waals surface area (Å²) < 4.78 is 0. The third-order valence-electron chi connectivity index (χ3n) is 4.13. The molecule has 1 fully saturated rings. The van der Waals surface area contributed by atoms with Crippen molar-refractivity contribution in [1.29, 1.82) is 0 Å². The molecule has 2 heterocycles. The number of carbonyl (C=O) groups excluding carboxylic acids is 2. The summed E-state index contributed by atoms with van der Waals surface area (Å²) in [7, 11) is 0. The number of hydrogen-bond donors (Lipinski definition) is 3. The van der Waals surface area contributed by atoms with E-state index in [9.17, 15) is 14.7 Å². The fourth-order valence-corrected chi connectivity index (χ4v) is 2.79. The number of nitrogens with zero attached hydrogens (tertiary/aromatic N) is 3. The average Bonchev–Trinajstić information content (AvgIpc) is 2.64. The van der Waals surface area contributed by atoms with Crippen LogP contribution in [0.15, 0.2) is 18.6 Å². The van der Waals surface area contributed by atoms with Crippen LogP contribution in [-0.2, 0) is 4.79 Å². The average molecular weight is 335 g/mol. The molecule has 1 aromatic heterocycles. The first-order chi connectivity index (χ1) is 11.6. The van der Waals surface area contributed by atoms with Gasteiger partial charge >= 0.3 is 0 Å². The van der Waals surface area contributed by atoms with Gasteiger partial charge in [-0.3, -0.25) is 19.5 Å². The molecule has 1 aromatic rings. The third-order valence-corrected chi connectivity index (χ3v) is 4.13. The molecule has 1 aliphatic rings. The minimum atomic E-state index is -0.853. The zero-order valence-electron chi connectivity index (χ0n) is 13.9. The van der Waals surface area contributed by atoms with Gasteiger partial charge in [0.15, 0.2) is 0 Å². The van der Waals surface area contributed by atoms with Crippen LogP contribution in [0.2, 0.25) is 0 Å². The molecular weight excluding hydrogens is 310 g/mol. The number of aliphatic hydroxyl groups excluding tert-OH is 1. The highest BCUT2D eigenvalue weighted by atomic mass is 16.3. The largest absolute Gasteiger partial charge is 0.389 e. The van der Waals surface area contributed by atoms with E-state index in [2.05, 4.69) is 25.5 Å². The summed E-state index contributed by atoms with van der Waals surface area (Å²) in [5.74, 6) is -0.464. The zero-order chi connectivity index (χ0) is 17.4. The molecule has 1 saturated heterocycles. The van der Waals surface area contributed by atoms with Gasteiger partial charge in [-0.05, 0) is 25.9 Å². The van der Waals surface area contributed by atoms with Crippen LogP contribution < -0.4 is 10.6 Å². The maximum atomic E-state index is 12.3. The molecule has 1 aliphatic heterocycles. The van der Waals surface area contributed by atoms with E-state index in [4.69, 9.17) is 0 Å². The van der Waals surface area contributed by atoms with Crippen LogP contribution in [0.4, 0.5) is 0 Å². The van der Waals surface area contributed by atoms with Crippen LogP contribution in [0, 0.1) is 0 Å². The molecule has 0 bridgehead atoms. The Balaban J connectivity index is 1.71. The number of carbonyl (C=O) groups is 2.